The minimum absolute atomic E-state index is 0.285. The Hall–Kier alpha value is -2.34. The molecule has 0 spiro atoms. The lowest BCUT2D eigenvalue weighted by Gasteiger charge is -2.12. The van der Waals surface area contributed by atoms with Crippen molar-refractivity contribution in [2.24, 2.45) is 0 Å². The molecule has 2 aromatic heterocycles. The Morgan fingerprint density at radius 2 is 1.73 bits per heavy atom. The van der Waals surface area contributed by atoms with Crippen LogP contribution < -0.4 is 10.6 Å². The van der Waals surface area contributed by atoms with Crippen LogP contribution in [0.25, 0.3) is 0 Å². The third-order valence-electron chi connectivity index (χ3n) is 3.49. The van der Waals surface area contributed by atoms with Crippen molar-refractivity contribution in [3.8, 4) is 0 Å². The van der Waals surface area contributed by atoms with E-state index in [4.69, 9.17) is 34.8 Å². The zero-order valence-electron chi connectivity index (χ0n) is 13.3. The number of halogens is 3. The molecule has 0 bridgehead atoms. The number of anilines is 2. The summed E-state index contributed by atoms with van der Waals surface area (Å²) < 4.78 is 0. The first-order valence-corrected chi connectivity index (χ1v) is 8.72. The van der Waals surface area contributed by atoms with E-state index >= 15 is 0 Å². The van der Waals surface area contributed by atoms with Gasteiger partial charge >= 0.3 is 0 Å². The number of hydrogen-bond acceptors (Lipinski definition) is 4. The summed E-state index contributed by atoms with van der Waals surface area (Å²) in [6.07, 6.45) is 3.39. The van der Waals surface area contributed by atoms with Gasteiger partial charge in [0.25, 0.3) is 5.91 Å². The van der Waals surface area contributed by atoms with E-state index in [9.17, 15) is 4.79 Å². The van der Waals surface area contributed by atoms with Crippen LogP contribution in [0, 0.1) is 0 Å². The molecular weight excluding hydrogens is 395 g/mol. The van der Waals surface area contributed by atoms with Crippen LogP contribution in [0.5, 0.6) is 0 Å². The lowest BCUT2D eigenvalue weighted by atomic mass is 10.2. The second kappa shape index (κ2) is 8.36. The van der Waals surface area contributed by atoms with Crippen molar-refractivity contribution in [3.05, 3.63) is 81.2 Å². The first-order valence-electron chi connectivity index (χ1n) is 7.58. The maximum absolute atomic E-state index is 12.6. The van der Waals surface area contributed by atoms with Gasteiger partial charge in [-0.2, -0.15) is 0 Å². The molecule has 0 fully saturated rings. The van der Waals surface area contributed by atoms with E-state index in [-0.39, 0.29) is 11.1 Å². The van der Waals surface area contributed by atoms with E-state index in [1.807, 2.05) is 12.1 Å². The second-order valence-corrected chi connectivity index (χ2v) is 6.52. The van der Waals surface area contributed by atoms with Gasteiger partial charge in [-0.05, 0) is 48.0 Å². The number of nitrogens with one attached hydrogen (secondary N) is 2. The minimum atomic E-state index is -0.343. The van der Waals surface area contributed by atoms with Crippen LogP contribution in [0.3, 0.4) is 0 Å². The highest BCUT2D eigenvalue weighted by molar-refractivity contribution is 6.42. The average Bonchev–Trinajstić information content (AvgIpc) is 2.64. The van der Waals surface area contributed by atoms with Gasteiger partial charge in [0.05, 0.1) is 15.6 Å². The lowest BCUT2D eigenvalue weighted by molar-refractivity contribution is 0.102. The quantitative estimate of drug-likeness (QED) is 0.563. The first-order chi connectivity index (χ1) is 12.5. The van der Waals surface area contributed by atoms with Crippen molar-refractivity contribution in [1.82, 2.24) is 9.97 Å². The molecule has 26 heavy (non-hydrogen) atoms. The van der Waals surface area contributed by atoms with Crippen LogP contribution in [0.15, 0.2) is 54.9 Å². The molecular formula is C18H13Cl3N4O. The standard InChI is InChI=1S/C18H13Cl3N4O/c19-14-3-1-12(9-15(14)20)24-18(26)13-2-4-16(21)25-17(13)23-10-11-5-7-22-8-6-11/h1-9H,10H2,(H,23,25)(H,24,26). The van der Waals surface area contributed by atoms with Gasteiger partial charge in [-0.1, -0.05) is 34.8 Å². The number of hydrogen-bond donors (Lipinski definition) is 2. The molecule has 0 atom stereocenters. The van der Waals surface area contributed by atoms with Crippen LogP contribution >= 0.6 is 34.8 Å². The molecule has 1 aromatic carbocycles. The summed E-state index contributed by atoms with van der Waals surface area (Å²) in [6.45, 7) is 0.475. The van der Waals surface area contributed by atoms with Crippen molar-refractivity contribution in [2.45, 2.75) is 6.54 Å². The van der Waals surface area contributed by atoms with Gasteiger partial charge in [-0.25, -0.2) is 4.98 Å². The number of aromatic nitrogens is 2. The van der Waals surface area contributed by atoms with E-state index in [2.05, 4.69) is 20.6 Å². The van der Waals surface area contributed by atoms with E-state index in [0.717, 1.165) is 5.56 Å². The lowest BCUT2D eigenvalue weighted by Crippen LogP contribution is -2.16. The molecule has 132 valence electrons. The Morgan fingerprint density at radius 1 is 0.962 bits per heavy atom. The summed E-state index contributed by atoms with van der Waals surface area (Å²) in [5.74, 6) is 0.0386. The topological polar surface area (TPSA) is 66.9 Å². The molecule has 1 amide bonds. The van der Waals surface area contributed by atoms with Crippen molar-refractivity contribution >= 4 is 52.2 Å². The van der Waals surface area contributed by atoms with Gasteiger partial charge in [0, 0.05) is 24.6 Å². The highest BCUT2D eigenvalue weighted by Gasteiger charge is 2.14. The van der Waals surface area contributed by atoms with Crippen molar-refractivity contribution < 1.29 is 4.79 Å². The predicted molar refractivity (Wildman–Crippen MR) is 105 cm³/mol. The largest absolute Gasteiger partial charge is 0.365 e. The van der Waals surface area contributed by atoms with Gasteiger partial charge in [-0.15, -0.1) is 0 Å². The number of carbonyl (C=O) groups excluding carboxylic acids is 1. The zero-order chi connectivity index (χ0) is 18.5. The van der Waals surface area contributed by atoms with E-state index in [1.165, 1.54) is 0 Å². The normalized spacial score (nSPS) is 10.4. The van der Waals surface area contributed by atoms with Gasteiger partial charge in [0.2, 0.25) is 0 Å². The minimum Gasteiger partial charge on any atom is -0.365 e. The predicted octanol–water partition coefficient (Wildman–Crippen LogP) is 5.30. The Morgan fingerprint density at radius 3 is 2.46 bits per heavy atom. The Balaban J connectivity index is 1.79. The van der Waals surface area contributed by atoms with Crippen molar-refractivity contribution in [1.29, 1.82) is 0 Å². The Kier molecular flexibility index (Phi) is 5.93. The molecule has 2 N–H and O–H groups in total. The molecule has 0 unspecified atom stereocenters. The van der Waals surface area contributed by atoms with Crippen LogP contribution in [-0.2, 0) is 6.54 Å². The van der Waals surface area contributed by atoms with Crippen LogP contribution in [0.4, 0.5) is 11.5 Å². The van der Waals surface area contributed by atoms with Crippen LogP contribution in [0.1, 0.15) is 15.9 Å². The van der Waals surface area contributed by atoms with Crippen LogP contribution in [-0.4, -0.2) is 15.9 Å². The number of benzene rings is 1. The molecule has 8 heteroatoms. The summed E-state index contributed by atoms with van der Waals surface area (Å²) >= 11 is 17.9. The SMILES string of the molecule is O=C(Nc1ccc(Cl)c(Cl)c1)c1ccc(Cl)nc1NCc1ccncc1. The molecule has 0 aliphatic carbocycles. The Labute approximate surface area is 165 Å². The maximum atomic E-state index is 12.6. The summed E-state index contributed by atoms with van der Waals surface area (Å²) in [6, 6.07) is 11.8. The van der Waals surface area contributed by atoms with E-state index in [0.29, 0.717) is 33.7 Å². The van der Waals surface area contributed by atoms with Gasteiger partial charge in [0.15, 0.2) is 0 Å². The molecule has 0 saturated heterocycles. The molecule has 5 nitrogen and oxygen atoms in total. The summed E-state index contributed by atoms with van der Waals surface area (Å²) in [7, 11) is 0. The maximum Gasteiger partial charge on any atom is 0.259 e. The fourth-order valence-electron chi connectivity index (χ4n) is 2.21. The Bertz CT molecular complexity index is 935. The van der Waals surface area contributed by atoms with Crippen molar-refractivity contribution in [2.75, 3.05) is 10.6 Å². The smallest absolute Gasteiger partial charge is 0.259 e. The number of pyridine rings is 2. The van der Waals surface area contributed by atoms with Gasteiger partial charge < -0.3 is 10.6 Å². The third-order valence-corrected chi connectivity index (χ3v) is 4.44. The summed E-state index contributed by atoms with van der Waals surface area (Å²) in [5.41, 5.74) is 1.88. The zero-order valence-corrected chi connectivity index (χ0v) is 15.6. The summed E-state index contributed by atoms with van der Waals surface area (Å²) in [4.78, 5) is 20.8. The third kappa shape index (κ3) is 4.64. The van der Waals surface area contributed by atoms with Crippen LogP contribution in [0.2, 0.25) is 15.2 Å². The number of carbonyl (C=O) groups is 1. The molecule has 0 radical (unpaired) electrons. The highest BCUT2D eigenvalue weighted by atomic mass is 35.5. The molecule has 2 heterocycles. The summed E-state index contributed by atoms with van der Waals surface area (Å²) in [5, 5.41) is 6.95. The molecule has 3 rings (SSSR count). The molecule has 0 aliphatic rings. The fraction of sp³-hybridized carbons (Fsp3) is 0.0556. The van der Waals surface area contributed by atoms with Crippen molar-refractivity contribution in [3.63, 3.8) is 0 Å². The number of amides is 1. The molecule has 3 aromatic rings. The second-order valence-electron chi connectivity index (χ2n) is 5.32. The van der Waals surface area contributed by atoms with Gasteiger partial charge in [-0.3, -0.25) is 9.78 Å². The first kappa shape index (κ1) is 18.5. The number of nitrogens with zero attached hydrogens (tertiary/aromatic N) is 2. The molecule has 0 aliphatic heterocycles. The van der Waals surface area contributed by atoms with Gasteiger partial charge in [0.1, 0.15) is 11.0 Å². The highest BCUT2D eigenvalue weighted by Crippen LogP contribution is 2.26. The number of rotatable bonds is 5. The average molecular weight is 408 g/mol. The van der Waals surface area contributed by atoms with E-state index < -0.39 is 0 Å². The fourth-order valence-corrected chi connectivity index (χ4v) is 2.66. The molecule has 0 saturated carbocycles. The van der Waals surface area contributed by atoms with E-state index in [1.54, 1.807) is 42.7 Å². The monoisotopic (exact) mass is 406 g/mol.